The van der Waals surface area contributed by atoms with Crippen molar-refractivity contribution in [2.75, 3.05) is 16.8 Å². The Balaban J connectivity index is 2.18. The lowest BCUT2D eigenvalue weighted by molar-refractivity contribution is 0.749. The number of rotatable bonds is 4. The average Bonchev–Trinajstić information content (AvgIpc) is 2.41. The maximum absolute atomic E-state index is 5.81. The van der Waals surface area contributed by atoms with Crippen molar-refractivity contribution in [2.24, 2.45) is 0 Å². The largest absolute Gasteiger partial charge is 0.397 e. The summed E-state index contributed by atoms with van der Waals surface area (Å²) in [5.74, 6) is 0. The molecule has 1 atom stereocenters. The molecule has 0 radical (unpaired) electrons. The molecule has 94 valence electrons. The van der Waals surface area contributed by atoms with Crippen LogP contribution in [0.25, 0.3) is 0 Å². The minimum absolute atomic E-state index is 0.286. The van der Waals surface area contributed by atoms with Gasteiger partial charge in [-0.1, -0.05) is 37.3 Å². The van der Waals surface area contributed by atoms with Gasteiger partial charge >= 0.3 is 0 Å². The van der Waals surface area contributed by atoms with Crippen LogP contribution in [0.5, 0.6) is 0 Å². The number of benzene rings is 2. The molecule has 0 fully saturated rings. The third-order valence-electron chi connectivity index (χ3n) is 3.04. The second-order valence-electron chi connectivity index (χ2n) is 4.36. The molecule has 3 heteroatoms. The summed E-state index contributed by atoms with van der Waals surface area (Å²) in [7, 11) is 0. The Kier molecular flexibility index (Phi) is 3.72. The van der Waals surface area contributed by atoms with E-state index in [0.717, 1.165) is 12.1 Å². The fourth-order valence-corrected chi connectivity index (χ4v) is 1.97. The molecule has 0 saturated carbocycles. The van der Waals surface area contributed by atoms with Gasteiger partial charge in [0.15, 0.2) is 0 Å². The van der Waals surface area contributed by atoms with Crippen LogP contribution in [0.1, 0.15) is 24.9 Å². The monoisotopic (exact) mass is 241 g/mol. The summed E-state index contributed by atoms with van der Waals surface area (Å²) in [5.41, 5.74) is 15.0. The van der Waals surface area contributed by atoms with Crippen molar-refractivity contribution >= 4 is 17.1 Å². The number of hydrogen-bond acceptors (Lipinski definition) is 3. The maximum atomic E-state index is 5.81. The van der Waals surface area contributed by atoms with Crippen molar-refractivity contribution in [3.8, 4) is 0 Å². The molecule has 0 bridgehead atoms. The van der Waals surface area contributed by atoms with Crippen LogP contribution in [-0.2, 0) is 0 Å². The average molecular weight is 241 g/mol. The lowest BCUT2D eigenvalue weighted by atomic mass is 10.0. The van der Waals surface area contributed by atoms with E-state index in [9.17, 15) is 0 Å². The van der Waals surface area contributed by atoms with Crippen molar-refractivity contribution < 1.29 is 0 Å². The van der Waals surface area contributed by atoms with Gasteiger partial charge in [-0.3, -0.25) is 0 Å². The van der Waals surface area contributed by atoms with Gasteiger partial charge in [-0.05, 0) is 30.2 Å². The second kappa shape index (κ2) is 5.45. The highest BCUT2D eigenvalue weighted by Gasteiger charge is 2.08. The van der Waals surface area contributed by atoms with Gasteiger partial charge in [-0.2, -0.15) is 0 Å². The van der Waals surface area contributed by atoms with Crippen LogP contribution in [0, 0.1) is 0 Å². The van der Waals surface area contributed by atoms with Gasteiger partial charge in [-0.15, -0.1) is 0 Å². The fraction of sp³-hybridized carbons (Fsp3) is 0.200. The molecule has 18 heavy (non-hydrogen) atoms. The quantitative estimate of drug-likeness (QED) is 0.719. The van der Waals surface area contributed by atoms with E-state index in [1.165, 1.54) is 5.56 Å². The number of nitrogen functional groups attached to an aromatic ring is 2. The van der Waals surface area contributed by atoms with Crippen LogP contribution >= 0.6 is 0 Å². The van der Waals surface area contributed by atoms with E-state index >= 15 is 0 Å². The standard InChI is InChI=1S/C15H19N3/c1-2-15(11-6-4-3-5-7-11)18-12-8-9-13(16)14(17)10-12/h3-10,15,18H,2,16-17H2,1H3. The van der Waals surface area contributed by atoms with E-state index in [2.05, 4.69) is 36.5 Å². The minimum atomic E-state index is 0.286. The first-order valence-electron chi connectivity index (χ1n) is 6.17. The summed E-state index contributed by atoms with van der Waals surface area (Å²) in [4.78, 5) is 0. The van der Waals surface area contributed by atoms with Crippen LogP contribution < -0.4 is 16.8 Å². The molecule has 2 rings (SSSR count). The minimum Gasteiger partial charge on any atom is -0.397 e. The van der Waals surface area contributed by atoms with Gasteiger partial charge in [0.2, 0.25) is 0 Å². The van der Waals surface area contributed by atoms with E-state index in [-0.39, 0.29) is 6.04 Å². The molecule has 0 aromatic heterocycles. The zero-order valence-electron chi connectivity index (χ0n) is 10.6. The predicted octanol–water partition coefficient (Wildman–Crippen LogP) is 3.41. The molecule has 0 aliphatic rings. The number of nitrogens with one attached hydrogen (secondary N) is 1. The highest BCUT2D eigenvalue weighted by atomic mass is 14.9. The van der Waals surface area contributed by atoms with Crippen molar-refractivity contribution in [3.63, 3.8) is 0 Å². The highest BCUT2D eigenvalue weighted by molar-refractivity contribution is 5.69. The molecule has 0 heterocycles. The normalized spacial score (nSPS) is 12.1. The zero-order valence-corrected chi connectivity index (χ0v) is 10.6. The summed E-state index contributed by atoms with van der Waals surface area (Å²) in [6.45, 7) is 2.16. The van der Waals surface area contributed by atoms with E-state index in [1.807, 2.05) is 24.3 Å². The van der Waals surface area contributed by atoms with Gasteiger partial charge in [0.1, 0.15) is 0 Å². The smallest absolute Gasteiger partial charge is 0.0568 e. The van der Waals surface area contributed by atoms with E-state index in [0.29, 0.717) is 11.4 Å². The Hall–Kier alpha value is -2.16. The first-order valence-corrected chi connectivity index (χ1v) is 6.17. The highest BCUT2D eigenvalue weighted by Crippen LogP contribution is 2.25. The number of anilines is 3. The van der Waals surface area contributed by atoms with Crippen molar-refractivity contribution in [1.29, 1.82) is 0 Å². The SMILES string of the molecule is CCC(Nc1ccc(N)c(N)c1)c1ccccc1. The molecule has 0 aliphatic carbocycles. The third-order valence-corrected chi connectivity index (χ3v) is 3.04. The van der Waals surface area contributed by atoms with Gasteiger partial charge in [0.05, 0.1) is 17.4 Å². The Morgan fingerprint density at radius 2 is 1.72 bits per heavy atom. The molecule has 2 aromatic rings. The molecular weight excluding hydrogens is 222 g/mol. The predicted molar refractivity (Wildman–Crippen MR) is 78.4 cm³/mol. The lowest BCUT2D eigenvalue weighted by Crippen LogP contribution is -2.10. The lowest BCUT2D eigenvalue weighted by Gasteiger charge is -2.19. The molecule has 3 nitrogen and oxygen atoms in total. The summed E-state index contributed by atoms with van der Waals surface area (Å²) >= 11 is 0. The molecule has 1 unspecified atom stereocenters. The molecule has 0 amide bonds. The molecule has 0 saturated heterocycles. The van der Waals surface area contributed by atoms with Crippen LogP contribution in [0.15, 0.2) is 48.5 Å². The van der Waals surface area contributed by atoms with Crippen molar-refractivity contribution in [3.05, 3.63) is 54.1 Å². The van der Waals surface area contributed by atoms with Gasteiger partial charge in [0.25, 0.3) is 0 Å². The van der Waals surface area contributed by atoms with E-state index in [1.54, 1.807) is 0 Å². The first-order chi connectivity index (χ1) is 8.70. The van der Waals surface area contributed by atoms with Gasteiger partial charge in [-0.25, -0.2) is 0 Å². The Labute approximate surface area is 108 Å². The fourth-order valence-electron chi connectivity index (χ4n) is 1.97. The Bertz CT molecular complexity index is 508. The summed E-state index contributed by atoms with van der Waals surface area (Å²) in [5, 5.41) is 3.48. The molecule has 0 spiro atoms. The zero-order chi connectivity index (χ0) is 13.0. The van der Waals surface area contributed by atoms with Crippen LogP contribution in [0.2, 0.25) is 0 Å². The molecule has 0 aliphatic heterocycles. The Morgan fingerprint density at radius 3 is 2.33 bits per heavy atom. The maximum Gasteiger partial charge on any atom is 0.0568 e. The van der Waals surface area contributed by atoms with E-state index in [4.69, 9.17) is 11.5 Å². The van der Waals surface area contributed by atoms with Crippen LogP contribution in [0.4, 0.5) is 17.1 Å². The Morgan fingerprint density at radius 1 is 1.00 bits per heavy atom. The van der Waals surface area contributed by atoms with Crippen LogP contribution in [0.3, 0.4) is 0 Å². The topological polar surface area (TPSA) is 64.1 Å². The number of nitrogens with two attached hydrogens (primary N) is 2. The van der Waals surface area contributed by atoms with E-state index < -0.39 is 0 Å². The first kappa shape index (κ1) is 12.3. The van der Waals surface area contributed by atoms with Gasteiger partial charge in [0, 0.05) is 5.69 Å². The summed E-state index contributed by atoms with van der Waals surface area (Å²) in [6, 6.07) is 16.3. The molecular formula is C15H19N3. The van der Waals surface area contributed by atoms with Gasteiger partial charge < -0.3 is 16.8 Å². The third kappa shape index (κ3) is 2.74. The molecule has 2 aromatic carbocycles. The summed E-state index contributed by atoms with van der Waals surface area (Å²) < 4.78 is 0. The van der Waals surface area contributed by atoms with Crippen molar-refractivity contribution in [1.82, 2.24) is 0 Å². The molecule has 5 N–H and O–H groups in total. The number of hydrogen-bond donors (Lipinski definition) is 3. The van der Waals surface area contributed by atoms with Crippen LogP contribution in [-0.4, -0.2) is 0 Å². The summed E-state index contributed by atoms with van der Waals surface area (Å²) in [6.07, 6.45) is 1.01. The second-order valence-corrected chi connectivity index (χ2v) is 4.36. The van der Waals surface area contributed by atoms with Crippen molar-refractivity contribution in [2.45, 2.75) is 19.4 Å².